The zero-order chi connectivity index (χ0) is 26.3. The van der Waals surface area contributed by atoms with E-state index >= 15 is 0 Å². The number of carboxylic acid groups (broad SMARTS) is 1. The third-order valence-electron chi connectivity index (χ3n) is 6.41. The molecule has 0 aliphatic rings. The third-order valence-corrected chi connectivity index (χ3v) is 7.57. The molecular weight excluding hydrogens is 492 g/mol. The van der Waals surface area contributed by atoms with Gasteiger partial charge in [-0.05, 0) is 37.1 Å². The van der Waals surface area contributed by atoms with Gasteiger partial charge in [0, 0.05) is 45.3 Å². The summed E-state index contributed by atoms with van der Waals surface area (Å²) in [5, 5.41) is 31.8. The Morgan fingerprint density at radius 2 is 1.89 bits per heavy atom. The molecule has 37 heavy (non-hydrogen) atoms. The number of thiophene rings is 1. The van der Waals surface area contributed by atoms with Gasteiger partial charge in [0.1, 0.15) is 21.3 Å². The number of para-hydroxylation sites is 1. The smallest absolute Gasteiger partial charge is 0.346 e. The number of methoxy groups -OCH3 is 1. The van der Waals surface area contributed by atoms with Crippen LogP contribution in [0.3, 0.4) is 0 Å². The molecule has 8 nitrogen and oxygen atoms in total. The minimum atomic E-state index is -1.24. The first-order chi connectivity index (χ1) is 17.8. The van der Waals surface area contributed by atoms with Crippen LogP contribution >= 0.6 is 11.3 Å². The maximum Gasteiger partial charge on any atom is 0.346 e. The Kier molecular flexibility index (Phi) is 6.32. The lowest BCUT2D eigenvalue weighted by atomic mass is 10.0. The number of aromatic hydroxyl groups is 1. The highest BCUT2D eigenvalue weighted by Crippen LogP contribution is 2.46. The largest absolute Gasteiger partial charge is 0.506 e. The molecular formula is C28H24N2O6S. The molecule has 0 saturated carbocycles. The van der Waals surface area contributed by atoms with Crippen LogP contribution in [-0.4, -0.2) is 50.8 Å². The fourth-order valence-corrected chi connectivity index (χ4v) is 5.46. The molecule has 5 rings (SSSR count). The molecule has 0 spiro atoms. The van der Waals surface area contributed by atoms with Crippen molar-refractivity contribution in [3.8, 4) is 22.6 Å². The number of ketones is 1. The first-order valence-corrected chi connectivity index (χ1v) is 12.3. The van der Waals surface area contributed by atoms with Crippen molar-refractivity contribution < 1.29 is 29.6 Å². The SMILES string of the molecule is COc1ccc2[nH]cc(-c3c(C(=O)O)sc(C(=O)c4c[nH]c5c(CC=C(C)CO)cccc45)c3O)c2c1. The highest BCUT2D eigenvalue weighted by molar-refractivity contribution is 7.17. The molecule has 188 valence electrons. The summed E-state index contributed by atoms with van der Waals surface area (Å²) in [5.41, 5.74) is 4.18. The second kappa shape index (κ2) is 9.61. The van der Waals surface area contributed by atoms with Gasteiger partial charge in [-0.1, -0.05) is 29.8 Å². The summed E-state index contributed by atoms with van der Waals surface area (Å²) in [7, 11) is 1.53. The number of ether oxygens (including phenoxy) is 1. The van der Waals surface area contributed by atoms with Crippen LogP contribution in [0, 0.1) is 0 Å². The van der Waals surface area contributed by atoms with Crippen LogP contribution < -0.4 is 4.74 Å². The Morgan fingerprint density at radius 3 is 2.62 bits per heavy atom. The van der Waals surface area contributed by atoms with Gasteiger partial charge in [0.2, 0.25) is 5.78 Å². The third kappa shape index (κ3) is 4.18. The second-order valence-corrected chi connectivity index (χ2v) is 9.71. The number of aliphatic hydroxyl groups excluding tert-OH is 1. The number of H-pyrrole nitrogens is 2. The number of aliphatic hydroxyl groups is 1. The number of carboxylic acids is 1. The summed E-state index contributed by atoms with van der Waals surface area (Å²) in [4.78, 5) is 31.9. The number of hydrogen-bond acceptors (Lipinski definition) is 6. The normalized spacial score (nSPS) is 11.9. The lowest BCUT2D eigenvalue weighted by molar-refractivity contribution is 0.0702. The number of fused-ring (bicyclic) bond motifs is 2. The maximum absolute atomic E-state index is 13.7. The summed E-state index contributed by atoms with van der Waals surface area (Å²) < 4.78 is 5.31. The van der Waals surface area contributed by atoms with Gasteiger partial charge in [-0.3, -0.25) is 4.79 Å². The van der Waals surface area contributed by atoms with Gasteiger partial charge >= 0.3 is 5.97 Å². The van der Waals surface area contributed by atoms with Crippen molar-refractivity contribution >= 4 is 44.9 Å². The average molecular weight is 517 g/mol. The molecule has 5 N–H and O–H groups in total. The molecule has 0 atom stereocenters. The highest BCUT2D eigenvalue weighted by atomic mass is 32.1. The number of hydrogen-bond donors (Lipinski definition) is 5. The monoisotopic (exact) mass is 516 g/mol. The van der Waals surface area contributed by atoms with Crippen LogP contribution in [0.15, 0.2) is 60.4 Å². The number of allylic oxidation sites excluding steroid dienone is 1. The molecule has 0 aliphatic heterocycles. The van der Waals surface area contributed by atoms with E-state index in [-0.39, 0.29) is 27.7 Å². The molecule has 0 bridgehead atoms. The van der Waals surface area contributed by atoms with Gasteiger partial charge in [0.15, 0.2) is 0 Å². The van der Waals surface area contributed by atoms with Crippen molar-refractivity contribution in [2.45, 2.75) is 13.3 Å². The molecule has 2 aromatic carbocycles. The van der Waals surface area contributed by atoms with Crippen molar-refractivity contribution in [3.05, 3.63) is 81.3 Å². The van der Waals surface area contributed by atoms with Crippen molar-refractivity contribution in [1.82, 2.24) is 9.97 Å². The molecule has 3 heterocycles. The molecule has 0 unspecified atom stereocenters. The van der Waals surface area contributed by atoms with Crippen molar-refractivity contribution in [2.24, 2.45) is 0 Å². The Bertz CT molecular complexity index is 1700. The molecule has 5 aromatic rings. The Morgan fingerprint density at radius 1 is 1.08 bits per heavy atom. The standard InChI is InChI=1S/C28H24N2O6S/c1-14(13-31)6-7-15-4-3-5-17-20(12-30-23(15)17)24(32)27-25(33)22(26(37-27)28(34)35)19-11-29-21-9-8-16(36-2)10-18(19)21/h3-6,8-12,29-31,33H,7,13H2,1-2H3,(H,34,35). The highest BCUT2D eigenvalue weighted by Gasteiger charge is 2.30. The van der Waals surface area contributed by atoms with Gasteiger partial charge in [-0.15, -0.1) is 11.3 Å². The summed E-state index contributed by atoms with van der Waals surface area (Å²) in [6, 6.07) is 10.9. The fraction of sp³-hybridized carbons (Fsp3) is 0.143. The van der Waals surface area contributed by atoms with Crippen molar-refractivity contribution in [1.29, 1.82) is 0 Å². The average Bonchev–Trinajstić information content (AvgIpc) is 3.61. The first-order valence-electron chi connectivity index (χ1n) is 11.5. The van der Waals surface area contributed by atoms with Crippen LogP contribution in [0.2, 0.25) is 0 Å². The van der Waals surface area contributed by atoms with E-state index in [1.54, 1.807) is 36.7 Å². The first kappa shape index (κ1) is 24.4. The van der Waals surface area contributed by atoms with E-state index in [9.17, 15) is 24.9 Å². The van der Waals surface area contributed by atoms with Crippen LogP contribution in [-0.2, 0) is 6.42 Å². The Balaban J connectivity index is 1.62. The Labute approximate surface area is 215 Å². The topological polar surface area (TPSA) is 136 Å². The predicted octanol–water partition coefficient (Wildman–Crippen LogP) is 5.50. The van der Waals surface area contributed by atoms with E-state index in [0.717, 1.165) is 33.5 Å². The Hall–Kier alpha value is -4.34. The maximum atomic E-state index is 13.7. The molecule has 0 amide bonds. The molecule has 0 fully saturated rings. The number of carbonyl (C=O) groups is 2. The lowest BCUT2D eigenvalue weighted by Crippen LogP contribution is -1.98. The summed E-state index contributed by atoms with van der Waals surface area (Å²) in [5.74, 6) is -1.50. The van der Waals surface area contributed by atoms with Gasteiger partial charge in [-0.25, -0.2) is 4.79 Å². The van der Waals surface area contributed by atoms with E-state index in [1.807, 2.05) is 25.1 Å². The molecule has 0 radical (unpaired) electrons. The minimum Gasteiger partial charge on any atom is -0.506 e. The molecule has 9 heteroatoms. The lowest BCUT2D eigenvalue weighted by Gasteiger charge is -2.04. The number of aromatic amines is 2. The van der Waals surface area contributed by atoms with E-state index in [4.69, 9.17) is 4.74 Å². The minimum absolute atomic E-state index is 0.0282. The van der Waals surface area contributed by atoms with Gasteiger partial charge in [0.05, 0.1) is 19.3 Å². The van der Waals surface area contributed by atoms with Crippen LogP contribution in [0.1, 0.15) is 37.4 Å². The second-order valence-electron chi connectivity index (χ2n) is 8.69. The van der Waals surface area contributed by atoms with Gasteiger partial charge in [-0.2, -0.15) is 0 Å². The van der Waals surface area contributed by atoms with Crippen LogP contribution in [0.5, 0.6) is 11.5 Å². The summed E-state index contributed by atoms with van der Waals surface area (Å²) in [6.45, 7) is 1.81. The van der Waals surface area contributed by atoms with Crippen LogP contribution in [0.25, 0.3) is 32.9 Å². The summed E-state index contributed by atoms with van der Waals surface area (Å²) >= 11 is 0.752. The zero-order valence-corrected chi connectivity index (χ0v) is 20.9. The van der Waals surface area contributed by atoms with E-state index in [0.29, 0.717) is 34.1 Å². The number of nitrogens with one attached hydrogen (secondary N) is 2. The van der Waals surface area contributed by atoms with Crippen molar-refractivity contribution in [3.63, 3.8) is 0 Å². The fourth-order valence-electron chi connectivity index (χ4n) is 4.46. The summed E-state index contributed by atoms with van der Waals surface area (Å²) in [6.07, 6.45) is 5.69. The number of benzene rings is 2. The predicted molar refractivity (Wildman–Crippen MR) is 143 cm³/mol. The molecule has 0 saturated heterocycles. The van der Waals surface area contributed by atoms with Crippen LogP contribution in [0.4, 0.5) is 0 Å². The number of carbonyl (C=O) groups excluding carboxylic acids is 1. The van der Waals surface area contributed by atoms with Gasteiger partial charge < -0.3 is 30.0 Å². The number of aromatic nitrogens is 2. The van der Waals surface area contributed by atoms with Gasteiger partial charge in [0.25, 0.3) is 0 Å². The van der Waals surface area contributed by atoms with E-state index < -0.39 is 11.8 Å². The molecule has 3 aromatic heterocycles. The van der Waals surface area contributed by atoms with E-state index in [2.05, 4.69) is 9.97 Å². The van der Waals surface area contributed by atoms with Crippen molar-refractivity contribution in [2.75, 3.05) is 13.7 Å². The molecule has 0 aliphatic carbocycles. The van der Waals surface area contributed by atoms with E-state index in [1.165, 1.54) is 7.11 Å². The number of rotatable bonds is 8. The quantitative estimate of drug-likeness (QED) is 0.136. The zero-order valence-electron chi connectivity index (χ0n) is 20.1. The number of aromatic carboxylic acids is 1.